The minimum absolute atomic E-state index is 0.361. The predicted molar refractivity (Wildman–Crippen MR) is 152 cm³/mol. The Bertz CT molecular complexity index is 1490. The van der Waals surface area contributed by atoms with Crippen LogP contribution in [0.1, 0.15) is 12.5 Å². The summed E-state index contributed by atoms with van der Waals surface area (Å²) in [4.78, 5) is 14.6. The number of piperazine rings is 1. The Morgan fingerprint density at radius 2 is 1.56 bits per heavy atom. The van der Waals surface area contributed by atoms with E-state index in [-0.39, 0.29) is 0 Å². The Balaban J connectivity index is 1.43. The number of benzene rings is 3. The second kappa shape index (κ2) is 9.43. The molecule has 36 heavy (non-hydrogen) atoms. The van der Waals surface area contributed by atoms with E-state index in [1.165, 1.54) is 16.8 Å². The number of hydrogen-bond donors (Lipinski definition) is 0. The summed E-state index contributed by atoms with van der Waals surface area (Å²) < 4.78 is 3.24. The second-order valence-electron chi connectivity index (χ2n) is 9.48. The average molecular weight is 538 g/mol. The summed E-state index contributed by atoms with van der Waals surface area (Å²) >= 11 is 3.56. The fourth-order valence-electron chi connectivity index (χ4n) is 5.19. The SMILES string of the molecule is Cc1ccc(N2CCN(c3ncnc4c3c(-c3ccccc3)cn4-c3ccc(Br)cc3)C[C@@H]2C)cc1. The van der Waals surface area contributed by atoms with Crippen molar-refractivity contribution in [2.24, 2.45) is 0 Å². The Kier molecular flexibility index (Phi) is 5.97. The Morgan fingerprint density at radius 3 is 2.28 bits per heavy atom. The first-order valence-corrected chi connectivity index (χ1v) is 13.1. The van der Waals surface area contributed by atoms with Gasteiger partial charge in [0.1, 0.15) is 12.1 Å². The summed E-state index contributed by atoms with van der Waals surface area (Å²) in [5, 5.41) is 1.10. The van der Waals surface area contributed by atoms with Gasteiger partial charge < -0.3 is 14.4 Å². The molecule has 5 nitrogen and oxygen atoms in total. The van der Waals surface area contributed by atoms with Crippen molar-refractivity contribution >= 4 is 38.5 Å². The molecule has 0 aliphatic carbocycles. The zero-order valence-corrected chi connectivity index (χ0v) is 22.1. The summed E-state index contributed by atoms with van der Waals surface area (Å²) in [7, 11) is 0. The number of nitrogens with zero attached hydrogens (tertiary/aromatic N) is 5. The smallest absolute Gasteiger partial charge is 0.150 e. The third-order valence-corrected chi connectivity index (χ3v) is 7.57. The van der Waals surface area contributed by atoms with Crippen LogP contribution < -0.4 is 9.80 Å². The first kappa shape index (κ1) is 22.8. The average Bonchev–Trinajstić information content (AvgIpc) is 3.30. The van der Waals surface area contributed by atoms with E-state index in [1.54, 1.807) is 6.33 Å². The molecule has 0 N–H and O–H groups in total. The lowest BCUT2D eigenvalue weighted by Crippen LogP contribution is -2.52. The number of rotatable bonds is 4. The fraction of sp³-hybridized carbons (Fsp3) is 0.200. The molecule has 0 unspecified atom stereocenters. The largest absolute Gasteiger partial charge is 0.365 e. The van der Waals surface area contributed by atoms with Gasteiger partial charge in [-0.2, -0.15) is 0 Å². The topological polar surface area (TPSA) is 37.2 Å². The molecule has 1 saturated heterocycles. The van der Waals surface area contributed by atoms with Gasteiger partial charge >= 0.3 is 0 Å². The van der Waals surface area contributed by atoms with Crippen molar-refractivity contribution in [3.63, 3.8) is 0 Å². The van der Waals surface area contributed by atoms with Gasteiger partial charge in [-0.05, 0) is 55.8 Å². The Hall–Kier alpha value is -3.64. The highest BCUT2D eigenvalue weighted by Crippen LogP contribution is 2.37. The molecule has 3 aromatic carbocycles. The van der Waals surface area contributed by atoms with Crippen LogP contribution in [0.15, 0.2) is 95.9 Å². The van der Waals surface area contributed by atoms with Gasteiger partial charge in [-0.25, -0.2) is 9.97 Å². The molecular weight excluding hydrogens is 510 g/mol. The van der Waals surface area contributed by atoms with Crippen molar-refractivity contribution in [3.8, 4) is 16.8 Å². The Morgan fingerprint density at radius 1 is 0.833 bits per heavy atom. The molecule has 1 fully saturated rings. The van der Waals surface area contributed by atoms with Gasteiger partial charge in [0.2, 0.25) is 0 Å². The molecule has 1 aliphatic heterocycles. The van der Waals surface area contributed by atoms with E-state index in [2.05, 4.69) is 129 Å². The molecule has 6 heteroatoms. The number of aromatic nitrogens is 3. The van der Waals surface area contributed by atoms with E-state index in [1.807, 2.05) is 0 Å². The maximum absolute atomic E-state index is 4.86. The highest BCUT2D eigenvalue weighted by molar-refractivity contribution is 9.10. The van der Waals surface area contributed by atoms with Gasteiger partial charge in [-0.1, -0.05) is 64.0 Å². The number of halogens is 1. The molecule has 0 bridgehead atoms. The first-order valence-electron chi connectivity index (χ1n) is 12.3. The number of anilines is 2. The second-order valence-corrected chi connectivity index (χ2v) is 10.4. The third-order valence-electron chi connectivity index (χ3n) is 7.05. The lowest BCUT2D eigenvalue weighted by molar-refractivity contribution is 0.548. The molecule has 6 rings (SSSR count). The molecule has 180 valence electrons. The van der Waals surface area contributed by atoms with Gasteiger partial charge in [-0.3, -0.25) is 0 Å². The highest BCUT2D eigenvalue weighted by Gasteiger charge is 2.28. The van der Waals surface area contributed by atoms with Crippen LogP contribution in [-0.2, 0) is 0 Å². The summed E-state index contributed by atoms with van der Waals surface area (Å²) in [6.45, 7) is 7.19. The molecule has 1 aliphatic rings. The van der Waals surface area contributed by atoms with Crippen molar-refractivity contribution in [2.75, 3.05) is 29.4 Å². The van der Waals surface area contributed by atoms with Gasteiger partial charge in [0.25, 0.3) is 0 Å². The highest BCUT2D eigenvalue weighted by atomic mass is 79.9. The van der Waals surface area contributed by atoms with E-state index in [0.29, 0.717) is 6.04 Å². The van der Waals surface area contributed by atoms with Crippen LogP contribution in [0.4, 0.5) is 11.5 Å². The van der Waals surface area contributed by atoms with Gasteiger partial charge in [0.15, 0.2) is 5.65 Å². The molecule has 0 saturated carbocycles. The quantitative estimate of drug-likeness (QED) is 0.250. The molecular formula is C30H28BrN5. The molecule has 0 radical (unpaired) electrons. The van der Waals surface area contributed by atoms with Crippen molar-refractivity contribution in [1.29, 1.82) is 0 Å². The first-order chi connectivity index (χ1) is 17.6. The summed E-state index contributed by atoms with van der Waals surface area (Å²) in [5.74, 6) is 1.00. The van der Waals surface area contributed by atoms with Crippen LogP contribution in [0, 0.1) is 6.92 Å². The number of fused-ring (bicyclic) bond motifs is 1. The Labute approximate surface area is 220 Å². The van der Waals surface area contributed by atoms with Crippen LogP contribution in [-0.4, -0.2) is 40.2 Å². The molecule has 2 aromatic heterocycles. The van der Waals surface area contributed by atoms with Gasteiger partial charge in [-0.15, -0.1) is 0 Å². The number of aryl methyl sites for hydroxylation is 1. The normalized spacial score (nSPS) is 16.0. The minimum Gasteiger partial charge on any atom is -0.365 e. The van der Waals surface area contributed by atoms with E-state index in [9.17, 15) is 0 Å². The zero-order chi connectivity index (χ0) is 24.6. The monoisotopic (exact) mass is 537 g/mol. The van der Waals surface area contributed by atoms with E-state index in [0.717, 1.165) is 52.2 Å². The fourth-order valence-corrected chi connectivity index (χ4v) is 5.45. The van der Waals surface area contributed by atoms with Crippen LogP contribution in [0.5, 0.6) is 0 Å². The van der Waals surface area contributed by atoms with Crippen molar-refractivity contribution in [3.05, 3.63) is 101 Å². The maximum Gasteiger partial charge on any atom is 0.150 e. The minimum atomic E-state index is 0.361. The molecule has 0 spiro atoms. The third kappa shape index (κ3) is 4.16. The maximum atomic E-state index is 4.86. The van der Waals surface area contributed by atoms with E-state index >= 15 is 0 Å². The lowest BCUT2D eigenvalue weighted by Gasteiger charge is -2.42. The number of hydrogen-bond acceptors (Lipinski definition) is 4. The molecule has 5 aromatic rings. The van der Waals surface area contributed by atoms with Crippen molar-refractivity contribution in [2.45, 2.75) is 19.9 Å². The van der Waals surface area contributed by atoms with Gasteiger partial charge in [0, 0.05) is 53.3 Å². The summed E-state index contributed by atoms with van der Waals surface area (Å²) in [6.07, 6.45) is 3.91. The van der Waals surface area contributed by atoms with E-state index in [4.69, 9.17) is 9.97 Å². The lowest BCUT2D eigenvalue weighted by atomic mass is 10.1. The van der Waals surface area contributed by atoms with Crippen LogP contribution in [0.2, 0.25) is 0 Å². The van der Waals surface area contributed by atoms with E-state index < -0.39 is 0 Å². The summed E-state index contributed by atoms with van der Waals surface area (Å²) in [6, 6.07) is 28.1. The zero-order valence-electron chi connectivity index (χ0n) is 20.5. The molecule has 1 atom stereocenters. The predicted octanol–water partition coefficient (Wildman–Crippen LogP) is 6.87. The van der Waals surface area contributed by atoms with Gasteiger partial charge in [0.05, 0.1) is 5.39 Å². The van der Waals surface area contributed by atoms with Crippen LogP contribution >= 0.6 is 15.9 Å². The molecule has 0 amide bonds. The summed E-state index contributed by atoms with van der Waals surface area (Å²) in [5.41, 5.74) is 6.89. The van der Waals surface area contributed by atoms with Crippen LogP contribution in [0.25, 0.3) is 27.8 Å². The van der Waals surface area contributed by atoms with Crippen molar-refractivity contribution in [1.82, 2.24) is 14.5 Å². The molecule has 3 heterocycles. The van der Waals surface area contributed by atoms with Crippen molar-refractivity contribution < 1.29 is 0 Å². The standard InChI is InChI=1S/C30H28BrN5/c1-21-8-12-25(13-9-21)35-17-16-34(18-22(35)2)29-28-27(23-6-4-3-5-7-23)19-36(30(28)33-20-32-29)26-14-10-24(31)11-15-26/h3-15,19-20,22H,16-18H2,1-2H3/t22-/m0/s1. The van der Waals surface area contributed by atoms with Crippen LogP contribution in [0.3, 0.4) is 0 Å².